The molecule has 152 valence electrons. The normalized spacial score (nSPS) is 20.3. The minimum Gasteiger partial charge on any atom is -0.378 e. The first kappa shape index (κ1) is 19.6. The van der Waals surface area contributed by atoms with Gasteiger partial charge in [-0.2, -0.15) is 10.2 Å². The smallest absolute Gasteiger partial charge is 0.227 e. The second-order valence-corrected chi connectivity index (χ2v) is 7.77. The zero-order valence-corrected chi connectivity index (χ0v) is 17.0. The van der Waals surface area contributed by atoms with Crippen LogP contribution in [0, 0.1) is 11.3 Å². The molecule has 29 heavy (non-hydrogen) atoms. The van der Waals surface area contributed by atoms with Crippen LogP contribution in [0.1, 0.15) is 24.0 Å². The van der Waals surface area contributed by atoms with E-state index in [4.69, 9.17) is 15.0 Å². The monoisotopic (exact) mass is 392 g/mol. The molecule has 2 aromatic rings. The molecule has 0 spiro atoms. The summed E-state index contributed by atoms with van der Waals surface area (Å²) in [5.74, 6) is 1.76. The third kappa shape index (κ3) is 4.84. The number of ether oxygens (including phenoxy) is 1. The summed E-state index contributed by atoms with van der Waals surface area (Å²) >= 11 is 0. The molecule has 0 aliphatic carbocycles. The van der Waals surface area contributed by atoms with Gasteiger partial charge in [-0.15, -0.1) is 0 Å². The zero-order valence-electron chi connectivity index (χ0n) is 17.0. The molecule has 4 rings (SSSR count). The highest BCUT2D eigenvalue weighted by atomic mass is 16.5. The summed E-state index contributed by atoms with van der Waals surface area (Å²) in [4.78, 5) is 16.3. The van der Waals surface area contributed by atoms with Gasteiger partial charge in [-0.25, -0.2) is 4.98 Å². The van der Waals surface area contributed by atoms with Crippen molar-refractivity contribution in [3.63, 3.8) is 0 Å². The molecule has 1 unspecified atom stereocenters. The van der Waals surface area contributed by atoms with Crippen LogP contribution in [0.5, 0.6) is 0 Å². The molecule has 2 aliphatic heterocycles. The summed E-state index contributed by atoms with van der Waals surface area (Å²) in [7, 11) is 2.10. The predicted octanol–water partition coefficient (Wildman–Crippen LogP) is 2.29. The van der Waals surface area contributed by atoms with Gasteiger partial charge in [0.05, 0.1) is 24.8 Å². The maximum absolute atomic E-state index is 9.13. The molecule has 0 bridgehead atoms. The Morgan fingerprint density at radius 1 is 1.24 bits per heavy atom. The Hall–Kier alpha value is -2.69. The van der Waals surface area contributed by atoms with E-state index >= 15 is 0 Å². The molecule has 2 fully saturated rings. The van der Waals surface area contributed by atoms with E-state index in [-0.39, 0.29) is 0 Å². The average molecular weight is 393 g/mol. The van der Waals surface area contributed by atoms with Crippen LogP contribution in [0.2, 0.25) is 0 Å². The molecule has 2 aliphatic rings. The minimum atomic E-state index is 0.378. The number of likely N-dealkylation sites (tertiary alicyclic amines) is 1. The molecule has 3 heterocycles. The van der Waals surface area contributed by atoms with E-state index in [0.717, 1.165) is 76.1 Å². The molecule has 0 N–H and O–H groups in total. The van der Waals surface area contributed by atoms with Crippen molar-refractivity contribution >= 4 is 11.8 Å². The quantitative estimate of drug-likeness (QED) is 0.773. The topological polar surface area (TPSA) is 68.5 Å². The Bertz CT molecular complexity index is 860. The lowest BCUT2D eigenvalue weighted by atomic mass is 10.0. The van der Waals surface area contributed by atoms with Gasteiger partial charge in [0.2, 0.25) is 5.95 Å². The maximum Gasteiger partial charge on any atom is 0.227 e. The molecule has 0 saturated carbocycles. The van der Waals surface area contributed by atoms with Crippen LogP contribution >= 0.6 is 0 Å². The molecule has 1 atom stereocenters. The molecule has 7 nitrogen and oxygen atoms in total. The van der Waals surface area contributed by atoms with Gasteiger partial charge in [-0.1, -0.05) is 12.1 Å². The van der Waals surface area contributed by atoms with Crippen LogP contribution in [0.4, 0.5) is 11.8 Å². The Labute approximate surface area is 172 Å². The Kier molecular flexibility index (Phi) is 6.23. The molecule has 2 saturated heterocycles. The SMILES string of the molecule is CN(c1nccc(N2CCOCC2)n1)C1CCCN(Cc2cccc(C#N)c2)C1. The highest BCUT2D eigenvalue weighted by Gasteiger charge is 2.25. The van der Waals surface area contributed by atoms with Gasteiger partial charge in [-0.05, 0) is 43.1 Å². The van der Waals surface area contributed by atoms with Gasteiger partial charge < -0.3 is 14.5 Å². The summed E-state index contributed by atoms with van der Waals surface area (Å²) in [6, 6.07) is 12.5. The first-order chi connectivity index (χ1) is 14.2. The Morgan fingerprint density at radius 2 is 2.10 bits per heavy atom. The summed E-state index contributed by atoms with van der Waals surface area (Å²) in [6.45, 7) is 6.17. The van der Waals surface area contributed by atoms with E-state index in [1.54, 1.807) is 0 Å². The van der Waals surface area contributed by atoms with Crippen LogP contribution in [-0.4, -0.2) is 67.4 Å². The number of nitrogens with zero attached hydrogens (tertiary/aromatic N) is 6. The van der Waals surface area contributed by atoms with E-state index in [1.807, 2.05) is 30.5 Å². The number of benzene rings is 1. The Morgan fingerprint density at radius 3 is 2.93 bits per heavy atom. The van der Waals surface area contributed by atoms with Crippen molar-refractivity contribution in [3.05, 3.63) is 47.7 Å². The number of piperidine rings is 1. The molecule has 7 heteroatoms. The van der Waals surface area contributed by atoms with Crippen molar-refractivity contribution in [2.24, 2.45) is 0 Å². The highest BCUT2D eigenvalue weighted by Crippen LogP contribution is 2.22. The number of hydrogen-bond acceptors (Lipinski definition) is 7. The molecular weight excluding hydrogens is 364 g/mol. The molecule has 0 radical (unpaired) electrons. The predicted molar refractivity (Wildman–Crippen MR) is 113 cm³/mol. The van der Waals surface area contributed by atoms with E-state index in [9.17, 15) is 0 Å². The van der Waals surface area contributed by atoms with Gasteiger partial charge in [0.15, 0.2) is 0 Å². The van der Waals surface area contributed by atoms with Gasteiger partial charge in [0.1, 0.15) is 5.82 Å². The van der Waals surface area contributed by atoms with Crippen molar-refractivity contribution < 1.29 is 4.74 Å². The fourth-order valence-corrected chi connectivity index (χ4v) is 4.13. The van der Waals surface area contributed by atoms with Crippen molar-refractivity contribution in [2.45, 2.75) is 25.4 Å². The number of rotatable bonds is 5. The standard InChI is InChI=1S/C22H28N6O/c1-26(22-24-8-7-21(25-22)28-10-12-29-13-11-28)20-6-3-9-27(17-20)16-19-5-2-4-18(14-19)15-23/h2,4-5,7-8,14,20H,3,6,9-13,16-17H2,1H3. The lowest BCUT2D eigenvalue weighted by Gasteiger charge is -2.38. The third-order valence-electron chi connectivity index (χ3n) is 5.77. The molecular formula is C22H28N6O. The average Bonchev–Trinajstić information content (AvgIpc) is 2.79. The fraction of sp³-hybridized carbons (Fsp3) is 0.500. The van der Waals surface area contributed by atoms with Gasteiger partial charge in [0.25, 0.3) is 0 Å². The fourth-order valence-electron chi connectivity index (χ4n) is 4.13. The second kappa shape index (κ2) is 9.21. The first-order valence-corrected chi connectivity index (χ1v) is 10.3. The third-order valence-corrected chi connectivity index (χ3v) is 5.77. The zero-order chi connectivity index (χ0) is 20.1. The van der Waals surface area contributed by atoms with Crippen LogP contribution in [0.3, 0.4) is 0 Å². The van der Waals surface area contributed by atoms with Gasteiger partial charge in [-0.3, -0.25) is 4.90 Å². The number of morpholine rings is 1. The summed E-state index contributed by atoms with van der Waals surface area (Å²) in [6.07, 6.45) is 4.14. The molecule has 1 aromatic carbocycles. The van der Waals surface area contributed by atoms with Crippen LogP contribution < -0.4 is 9.80 Å². The molecule has 0 amide bonds. The van der Waals surface area contributed by atoms with Gasteiger partial charge >= 0.3 is 0 Å². The summed E-state index contributed by atoms with van der Waals surface area (Å²) in [5.41, 5.74) is 1.92. The van der Waals surface area contributed by atoms with E-state index < -0.39 is 0 Å². The number of hydrogen-bond donors (Lipinski definition) is 0. The number of anilines is 2. The van der Waals surface area contributed by atoms with Gasteiger partial charge in [0, 0.05) is 45.5 Å². The maximum atomic E-state index is 9.13. The second-order valence-electron chi connectivity index (χ2n) is 7.77. The Balaban J connectivity index is 1.42. The van der Waals surface area contributed by atoms with Crippen molar-refractivity contribution in [3.8, 4) is 6.07 Å². The van der Waals surface area contributed by atoms with Crippen LogP contribution in [-0.2, 0) is 11.3 Å². The summed E-state index contributed by atoms with van der Waals surface area (Å²) < 4.78 is 5.45. The highest BCUT2D eigenvalue weighted by molar-refractivity contribution is 5.44. The first-order valence-electron chi connectivity index (χ1n) is 10.3. The summed E-state index contributed by atoms with van der Waals surface area (Å²) in [5, 5.41) is 9.13. The number of nitriles is 1. The van der Waals surface area contributed by atoms with Crippen molar-refractivity contribution in [1.82, 2.24) is 14.9 Å². The van der Waals surface area contributed by atoms with Crippen molar-refractivity contribution in [2.75, 3.05) is 56.2 Å². The van der Waals surface area contributed by atoms with E-state index in [1.165, 1.54) is 5.56 Å². The lowest BCUT2D eigenvalue weighted by Crippen LogP contribution is -2.47. The van der Waals surface area contributed by atoms with Crippen LogP contribution in [0.15, 0.2) is 36.5 Å². The number of aromatic nitrogens is 2. The molecule has 1 aromatic heterocycles. The largest absolute Gasteiger partial charge is 0.378 e. The van der Waals surface area contributed by atoms with E-state index in [0.29, 0.717) is 6.04 Å². The number of likely N-dealkylation sites (N-methyl/N-ethyl adjacent to an activating group) is 1. The lowest BCUT2D eigenvalue weighted by molar-refractivity contribution is 0.122. The van der Waals surface area contributed by atoms with Crippen molar-refractivity contribution in [1.29, 1.82) is 5.26 Å². The minimum absolute atomic E-state index is 0.378. The van der Waals surface area contributed by atoms with Crippen LogP contribution in [0.25, 0.3) is 0 Å². The van der Waals surface area contributed by atoms with E-state index in [2.05, 4.69) is 38.9 Å².